The summed E-state index contributed by atoms with van der Waals surface area (Å²) in [6, 6.07) is 10.7. The summed E-state index contributed by atoms with van der Waals surface area (Å²) in [7, 11) is 5.30. The van der Waals surface area contributed by atoms with Gasteiger partial charge in [0.2, 0.25) is 5.43 Å². The SMILES string of the molecule is COc1ccc2oc3cccc(NN(C)C)c3c(=O)c2c1. The fourth-order valence-electron chi connectivity index (χ4n) is 2.34. The van der Waals surface area contributed by atoms with E-state index in [0.717, 1.165) is 5.69 Å². The standard InChI is InChI=1S/C16H16N2O3/c1-18(2)17-12-5-4-6-14-15(12)16(19)11-9-10(20-3)7-8-13(11)21-14/h4-9,17H,1-3H3. The molecule has 0 bridgehead atoms. The smallest absolute Gasteiger partial charge is 0.202 e. The number of nitrogens with one attached hydrogen (secondary N) is 1. The van der Waals surface area contributed by atoms with Gasteiger partial charge in [0.25, 0.3) is 0 Å². The van der Waals surface area contributed by atoms with Crippen LogP contribution in [0.1, 0.15) is 0 Å². The topological polar surface area (TPSA) is 54.7 Å². The Morgan fingerprint density at radius 3 is 2.67 bits per heavy atom. The summed E-state index contributed by atoms with van der Waals surface area (Å²) in [5.41, 5.74) is 4.88. The fourth-order valence-corrected chi connectivity index (χ4v) is 2.34. The van der Waals surface area contributed by atoms with Gasteiger partial charge in [0.15, 0.2) is 0 Å². The molecule has 0 aliphatic heterocycles. The van der Waals surface area contributed by atoms with Gasteiger partial charge in [-0.1, -0.05) is 6.07 Å². The molecular formula is C16H16N2O3. The number of ether oxygens (including phenoxy) is 1. The van der Waals surface area contributed by atoms with Crippen molar-refractivity contribution in [3.63, 3.8) is 0 Å². The molecule has 3 aromatic rings. The molecule has 0 saturated carbocycles. The number of nitrogens with zero attached hydrogens (tertiary/aromatic N) is 1. The Morgan fingerprint density at radius 2 is 1.95 bits per heavy atom. The Balaban J connectivity index is 2.38. The molecule has 21 heavy (non-hydrogen) atoms. The fraction of sp³-hybridized carbons (Fsp3) is 0.188. The van der Waals surface area contributed by atoms with Gasteiger partial charge in [0.1, 0.15) is 16.9 Å². The number of hydrazine groups is 1. The summed E-state index contributed by atoms with van der Waals surface area (Å²) >= 11 is 0. The van der Waals surface area contributed by atoms with Crippen LogP contribution in [0.3, 0.4) is 0 Å². The number of anilines is 1. The first-order valence-electron chi connectivity index (χ1n) is 6.57. The first-order valence-corrected chi connectivity index (χ1v) is 6.57. The highest BCUT2D eigenvalue weighted by atomic mass is 16.5. The summed E-state index contributed by atoms with van der Waals surface area (Å²) < 4.78 is 11.0. The monoisotopic (exact) mass is 284 g/mol. The van der Waals surface area contributed by atoms with E-state index in [-0.39, 0.29) is 5.43 Å². The zero-order valence-electron chi connectivity index (χ0n) is 12.1. The van der Waals surface area contributed by atoms with Crippen LogP contribution in [0.2, 0.25) is 0 Å². The zero-order valence-corrected chi connectivity index (χ0v) is 12.1. The van der Waals surface area contributed by atoms with E-state index in [4.69, 9.17) is 9.15 Å². The third kappa shape index (κ3) is 2.32. The highest BCUT2D eigenvalue weighted by molar-refractivity contribution is 5.97. The van der Waals surface area contributed by atoms with Crippen LogP contribution < -0.4 is 15.6 Å². The molecule has 0 radical (unpaired) electrons. The van der Waals surface area contributed by atoms with Crippen molar-refractivity contribution in [2.24, 2.45) is 0 Å². The normalized spacial score (nSPS) is 11.2. The first-order chi connectivity index (χ1) is 10.1. The third-order valence-electron chi connectivity index (χ3n) is 3.25. The predicted molar refractivity (Wildman–Crippen MR) is 83.9 cm³/mol. The second kappa shape index (κ2) is 5.10. The minimum Gasteiger partial charge on any atom is -0.497 e. The van der Waals surface area contributed by atoms with Crippen LogP contribution in [0, 0.1) is 0 Å². The molecule has 0 fully saturated rings. The quantitative estimate of drug-likeness (QED) is 0.592. The lowest BCUT2D eigenvalue weighted by molar-refractivity contribution is 0.415. The van der Waals surface area contributed by atoms with E-state index >= 15 is 0 Å². The average Bonchev–Trinajstić information content (AvgIpc) is 2.46. The van der Waals surface area contributed by atoms with Gasteiger partial charge < -0.3 is 14.6 Å². The molecule has 0 atom stereocenters. The van der Waals surface area contributed by atoms with Crippen LogP contribution in [0.15, 0.2) is 45.6 Å². The molecule has 108 valence electrons. The Morgan fingerprint density at radius 1 is 1.14 bits per heavy atom. The molecule has 0 saturated heterocycles. The molecule has 1 aromatic heterocycles. The molecule has 5 heteroatoms. The Labute approximate surface area is 121 Å². The summed E-state index contributed by atoms with van der Waals surface area (Å²) in [6.07, 6.45) is 0. The summed E-state index contributed by atoms with van der Waals surface area (Å²) in [6.45, 7) is 0. The average molecular weight is 284 g/mol. The van der Waals surface area contributed by atoms with Crippen molar-refractivity contribution in [3.05, 3.63) is 46.6 Å². The number of hydrogen-bond donors (Lipinski definition) is 1. The Hall–Kier alpha value is -2.53. The minimum atomic E-state index is -0.0740. The van der Waals surface area contributed by atoms with Crippen molar-refractivity contribution in [3.8, 4) is 5.75 Å². The van der Waals surface area contributed by atoms with E-state index in [9.17, 15) is 4.79 Å². The van der Waals surface area contributed by atoms with Crippen LogP contribution in [0.25, 0.3) is 21.9 Å². The second-order valence-corrected chi connectivity index (χ2v) is 4.98. The lowest BCUT2D eigenvalue weighted by Crippen LogP contribution is -2.20. The molecule has 1 heterocycles. The number of hydrogen-bond acceptors (Lipinski definition) is 5. The number of rotatable bonds is 3. The van der Waals surface area contributed by atoms with Crippen LogP contribution >= 0.6 is 0 Å². The summed E-state index contributed by atoms with van der Waals surface area (Å²) in [5, 5.41) is 2.83. The molecule has 1 N–H and O–H groups in total. The van der Waals surface area contributed by atoms with E-state index in [1.54, 1.807) is 36.4 Å². The highest BCUT2D eigenvalue weighted by Gasteiger charge is 2.12. The van der Waals surface area contributed by atoms with Crippen molar-refractivity contribution in [1.29, 1.82) is 0 Å². The number of benzene rings is 2. The minimum absolute atomic E-state index is 0.0740. The van der Waals surface area contributed by atoms with Crippen LogP contribution in [0.5, 0.6) is 5.75 Å². The van der Waals surface area contributed by atoms with Crippen LogP contribution in [0.4, 0.5) is 5.69 Å². The maximum absolute atomic E-state index is 12.8. The number of fused-ring (bicyclic) bond motifs is 2. The molecule has 3 rings (SSSR count). The maximum atomic E-state index is 12.8. The Kier molecular flexibility index (Phi) is 3.27. The molecule has 0 unspecified atom stereocenters. The number of methoxy groups -OCH3 is 1. The lowest BCUT2D eigenvalue weighted by atomic mass is 10.1. The van der Waals surface area contributed by atoms with E-state index in [1.165, 1.54) is 0 Å². The van der Waals surface area contributed by atoms with E-state index in [1.807, 2.05) is 26.2 Å². The highest BCUT2D eigenvalue weighted by Crippen LogP contribution is 2.26. The first kappa shape index (κ1) is 13.5. The van der Waals surface area contributed by atoms with Gasteiger partial charge in [0.05, 0.1) is 23.6 Å². The van der Waals surface area contributed by atoms with E-state index in [0.29, 0.717) is 27.7 Å². The zero-order chi connectivity index (χ0) is 15.0. The van der Waals surface area contributed by atoms with Gasteiger partial charge in [-0.15, -0.1) is 0 Å². The maximum Gasteiger partial charge on any atom is 0.202 e. The van der Waals surface area contributed by atoms with Crippen molar-refractivity contribution in [2.75, 3.05) is 26.6 Å². The van der Waals surface area contributed by atoms with E-state index < -0.39 is 0 Å². The van der Waals surface area contributed by atoms with Crippen molar-refractivity contribution < 1.29 is 9.15 Å². The molecule has 2 aromatic carbocycles. The van der Waals surface area contributed by atoms with Gasteiger partial charge in [-0.05, 0) is 30.3 Å². The molecule has 0 aliphatic rings. The molecule has 5 nitrogen and oxygen atoms in total. The molecular weight excluding hydrogens is 268 g/mol. The van der Waals surface area contributed by atoms with E-state index in [2.05, 4.69) is 5.43 Å². The van der Waals surface area contributed by atoms with Crippen molar-refractivity contribution in [2.45, 2.75) is 0 Å². The predicted octanol–water partition coefficient (Wildman–Crippen LogP) is 2.84. The van der Waals surface area contributed by atoms with Crippen LogP contribution in [-0.4, -0.2) is 26.2 Å². The van der Waals surface area contributed by atoms with Crippen molar-refractivity contribution >= 4 is 27.6 Å². The molecule has 0 spiro atoms. The van der Waals surface area contributed by atoms with Gasteiger partial charge in [0, 0.05) is 14.1 Å². The lowest BCUT2D eigenvalue weighted by Gasteiger charge is -2.15. The molecule has 0 amide bonds. The largest absolute Gasteiger partial charge is 0.497 e. The second-order valence-electron chi connectivity index (χ2n) is 4.98. The van der Waals surface area contributed by atoms with Gasteiger partial charge >= 0.3 is 0 Å². The summed E-state index contributed by atoms with van der Waals surface area (Å²) in [4.78, 5) is 12.8. The van der Waals surface area contributed by atoms with Crippen LogP contribution in [-0.2, 0) is 0 Å². The Bertz CT molecular complexity index is 868. The molecule has 0 aliphatic carbocycles. The third-order valence-corrected chi connectivity index (χ3v) is 3.25. The van der Waals surface area contributed by atoms with Gasteiger partial charge in [-0.25, -0.2) is 5.01 Å². The van der Waals surface area contributed by atoms with Crippen molar-refractivity contribution in [1.82, 2.24) is 5.01 Å². The van der Waals surface area contributed by atoms with Gasteiger partial charge in [-0.3, -0.25) is 4.79 Å². The van der Waals surface area contributed by atoms with Gasteiger partial charge in [-0.2, -0.15) is 0 Å². The summed E-state index contributed by atoms with van der Waals surface area (Å²) in [5.74, 6) is 0.632.